The molecule has 4 atom stereocenters. The highest BCUT2D eigenvalue weighted by Crippen LogP contribution is 2.11. The van der Waals surface area contributed by atoms with Crippen molar-refractivity contribution >= 4 is 27.6 Å². The van der Waals surface area contributed by atoms with E-state index in [1.54, 1.807) is 24.3 Å². The van der Waals surface area contributed by atoms with Gasteiger partial charge in [-0.05, 0) is 47.4 Å². The van der Waals surface area contributed by atoms with Crippen LogP contribution in [0.2, 0.25) is 0 Å². The molecule has 13 nitrogen and oxygen atoms in total. The summed E-state index contributed by atoms with van der Waals surface area (Å²) in [5.41, 5.74) is 17.1. The van der Waals surface area contributed by atoms with Crippen LogP contribution >= 0.6 is 0 Å². The van der Waals surface area contributed by atoms with Gasteiger partial charge in [0, 0.05) is 23.1 Å². The van der Waals surface area contributed by atoms with Gasteiger partial charge in [0.05, 0.1) is 12.6 Å². The number of nitrogens with one attached hydrogen (secondary N) is 3. The summed E-state index contributed by atoms with van der Waals surface area (Å²) >= 11 is 0. The van der Waals surface area contributed by atoms with Crippen LogP contribution in [0.3, 0.4) is 0 Å². The molecule has 0 aromatic heterocycles. The minimum absolute atomic E-state index is 0.0457. The molecule has 238 valence electrons. The summed E-state index contributed by atoms with van der Waals surface area (Å²) in [6.07, 6.45) is 2.88. The highest BCUT2D eigenvalue weighted by molar-refractivity contribution is 7.93. The number of azide groups is 1. The third-order valence-electron chi connectivity index (χ3n) is 6.52. The Kier molecular flexibility index (Phi) is 14.5. The van der Waals surface area contributed by atoms with Crippen molar-refractivity contribution in [3.63, 3.8) is 0 Å². The number of carbonyl (C=O) groups is 3. The third-order valence-corrected chi connectivity index (χ3v) is 7.17. The Morgan fingerprint density at radius 2 is 1.48 bits per heavy atom. The summed E-state index contributed by atoms with van der Waals surface area (Å²) in [7, 11) is -3.51. The average Bonchev–Trinajstić information content (AvgIpc) is 2.98. The molecule has 0 heterocycles. The highest BCUT2D eigenvalue weighted by Gasteiger charge is 2.30. The monoisotopic (exact) mass is 627 g/mol. The van der Waals surface area contributed by atoms with Gasteiger partial charge in [-0.15, -0.1) is 0 Å². The van der Waals surface area contributed by atoms with E-state index in [1.165, 1.54) is 6.08 Å². The first-order valence-electron chi connectivity index (χ1n) is 14.1. The Morgan fingerprint density at radius 3 is 2.02 bits per heavy atom. The maximum atomic E-state index is 13.3. The van der Waals surface area contributed by atoms with Crippen molar-refractivity contribution in [1.82, 2.24) is 16.0 Å². The summed E-state index contributed by atoms with van der Waals surface area (Å²) in [4.78, 5) is 42.3. The number of hydrogen-bond acceptors (Lipinski definition) is 8. The van der Waals surface area contributed by atoms with E-state index in [1.807, 2.05) is 44.2 Å². The van der Waals surface area contributed by atoms with Crippen molar-refractivity contribution in [2.45, 2.75) is 63.8 Å². The molecule has 2 aromatic carbocycles. The van der Waals surface area contributed by atoms with E-state index in [0.717, 1.165) is 28.4 Å². The Hall–Kier alpha value is -4.23. The van der Waals surface area contributed by atoms with Crippen LogP contribution in [0.1, 0.15) is 37.0 Å². The molecule has 3 amide bonds. The zero-order chi connectivity index (χ0) is 32.7. The number of benzene rings is 2. The smallest absolute Gasteiger partial charge is 0.245 e. The number of nitrogens with two attached hydrogens (primary N) is 1. The first-order valence-corrected chi connectivity index (χ1v) is 16.1. The van der Waals surface area contributed by atoms with Crippen LogP contribution in [0.4, 0.5) is 0 Å². The molecule has 0 spiro atoms. The number of sulfone groups is 1. The molecular weight excluding hydrogens is 586 g/mol. The van der Waals surface area contributed by atoms with Gasteiger partial charge in [-0.25, -0.2) is 8.42 Å². The molecule has 14 heteroatoms. The number of rotatable bonds is 17. The van der Waals surface area contributed by atoms with E-state index in [4.69, 9.17) is 11.3 Å². The van der Waals surface area contributed by atoms with Gasteiger partial charge in [-0.1, -0.05) is 79.6 Å². The van der Waals surface area contributed by atoms with Gasteiger partial charge >= 0.3 is 0 Å². The molecule has 0 bridgehead atoms. The normalized spacial score (nSPS) is 14.2. The number of aliphatic hydroxyl groups excluding tert-OH is 1. The van der Waals surface area contributed by atoms with Crippen LogP contribution < -0.4 is 21.7 Å². The minimum Gasteiger partial charge on any atom is -0.394 e. The molecule has 0 saturated carbocycles. The van der Waals surface area contributed by atoms with Crippen molar-refractivity contribution < 1.29 is 27.9 Å². The van der Waals surface area contributed by atoms with Crippen LogP contribution in [0, 0.1) is 5.92 Å². The lowest BCUT2D eigenvalue weighted by molar-refractivity contribution is -0.133. The lowest BCUT2D eigenvalue weighted by Gasteiger charge is -2.25. The lowest BCUT2D eigenvalue weighted by atomic mass is 10.0. The van der Waals surface area contributed by atoms with E-state index < -0.39 is 58.3 Å². The summed E-state index contributed by atoms with van der Waals surface area (Å²) in [5.74, 6) is -2.19. The summed E-state index contributed by atoms with van der Waals surface area (Å²) in [6.45, 7) is 3.28. The standard InChI is InChI=1S/C30H41N7O6S/c1-20(2)15-25(34-29(40)26(36-37-32)17-21-7-5-4-6-8-21)28(39)35-27(19-38)30(41)33-24(13-14-44(3,42)43)16-22-9-11-23(18-31)12-10-22/h4-14,20,24-27,38H,15-19,31H2,1-3H3,(H,33,41)(H,34,40)(H,35,39). The fourth-order valence-electron chi connectivity index (χ4n) is 4.28. The van der Waals surface area contributed by atoms with E-state index >= 15 is 0 Å². The molecular formula is C30H41N7O6S. The number of aliphatic hydroxyl groups is 1. The Morgan fingerprint density at radius 1 is 0.909 bits per heavy atom. The van der Waals surface area contributed by atoms with Crippen LogP contribution in [0.25, 0.3) is 10.4 Å². The quantitative estimate of drug-likeness (QED) is 0.0992. The highest BCUT2D eigenvalue weighted by atomic mass is 32.2. The van der Waals surface area contributed by atoms with Crippen LogP contribution in [-0.4, -0.2) is 68.3 Å². The second kappa shape index (κ2) is 17.8. The third kappa shape index (κ3) is 13.0. The van der Waals surface area contributed by atoms with Gasteiger partial charge in [0.15, 0.2) is 9.84 Å². The topological polar surface area (TPSA) is 216 Å². The summed E-state index contributed by atoms with van der Waals surface area (Å²) < 4.78 is 23.5. The van der Waals surface area contributed by atoms with Crippen molar-refractivity contribution in [3.8, 4) is 0 Å². The first kappa shape index (κ1) is 36.0. The molecule has 4 unspecified atom stereocenters. The summed E-state index contributed by atoms with van der Waals surface area (Å²) in [5, 5.41) is 22.3. The van der Waals surface area contributed by atoms with Gasteiger partial charge in [0.1, 0.15) is 18.1 Å². The van der Waals surface area contributed by atoms with E-state index in [2.05, 4.69) is 26.0 Å². The number of hydrogen-bond donors (Lipinski definition) is 5. The number of amides is 3. The molecule has 0 radical (unpaired) electrons. The van der Waals surface area contributed by atoms with E-state index in [-0.39, 0.29) is 25.2 Å². The van der Waals surface area contributed by atoms with E-state index in [0.29, 0.717) is 6.54 Å². The van der Waals surface area contributed by atoms with Crippen molar-refractivity contribution in [2.24, 2.45) is 16.8 Å². The van der Waals surface area contributed by atoms with Gasteiger partial charge in [0.25, 0.3) is 0 Å². The molecule has 2 rings (SSSR count). The molecule has 0 aliphatic heterocycles. The number of nitrogens with zero attached hydrogens (tertiary/aromatic N) is 3. The Labute approximate surface area is 257 Å². The molecule has 0 saturated heterocycles. The largest absolute Gasteiger partial charge is 0.394 e. The van der Waals surface area contributed by atoms with Gasteiger partial charge < -0.3 is 26.8 Å². The number of carbonyl (C=O) groups excluding carboxylic acids is 3. The Bertz CT molecular complexity index is 1430. The van der Waals surface area contributed by atoms with E-state index in [9.17, 15) is 27.9 Å². The van der Waals surface area contributed by atoms with Crippen molar-refractivity contribution in [1.29, 1.82) is 0 Å². The van der Waals surface area contributed by atoms with Crippen molar-refractivity contribution in [3.05, 3.63) is 93.2 Å². The predicted molar refractivity (Wildman–Crippen MR) is 167 cm³/mol. The molecule has 6 N–H and O–H groups in total. The molecule has 44 heavy (non-hydrogen) atoms. The average molecular weight is 628 g/mol. The maximum absolute atomic E-state index is 13.3. The van der Waals surface area contributed by atoms with Crippen molar-refractivity contribution in [2.75, 3.05) is 12.9 Å². The lowest BCUT2D eigenvalue weighted by Crippen LogP contribution is -2.57. The summed E-state index contributed by atoms with van der Waals surface area (Å²) in [6, 6.07) is 11.8. The zero-order valence-electron chi connectivity index (χ0n) is 25.1. The van der Waals surface area contributed by atoms with Crippen LogP contribution in [-0.2, 0) is 43.6 Å². The van der Waals surface area contributed by atoms with Crippen LogP contribution in [0.5, 0.6) is 0 Å². The molecule has 0 aliphatic rings. The van der Waals surface area contributed by atoms with Crippen LogP contribution in [0.15, 0.2) is 71.2 Å². The predicted octanol–water partition coefficient (Wildman–Crippen LogP) is 1.66. The SMILES string of the molecule is CC(C)CC(NC(=O)C(Cc1ccccc1)N=[N+]=[N-])C(=O)NC(CO)C(=O)NC(C=CS(C)(=O)=O)Cc1ccc(CN)cc1. The van der Waals surface area contributed by atoms with Gasteiger partial charge in [0.2, 0.25) is 17.7 Å². The second-order valence-corrected chi connectivity index (χ2v) is 12.8. The van der Waals surface area contributed by atoms with Gasteiger partial charge in [-0.2, -0.15) is 0 Å². The zero-order valence-corrected chi connectivity index (χ0v) is 25.9. The fraction of sp³-hybridized carbons (Fsp3) is 0.433. The van der Waals surface area contributed by atoms with Gasteiger partial charge in [-0.3, -0.25) is 14.4 Å². The minimum atomic E-state index is -3.51. The Balaban J connectivity index is 2.18. The molecule has 2 aromatic rings. The maximum Gasteiger partial charge on any atom is 0.245 e. The molecule has 0 fully saturated rings. The molecule has 0 aliphatic carbocycles. The first-order chi connectivity index (χ1) is 20.8. The second-order valence-electron chi connectivity index (χ2n) is 10.8. The fourth-order valence-corrected chi connectivity index (χ4v) is 4.75.